The molecule has 0 spiro atoms. The Balaban J connectivity index is 1.60. The Labute approximate surface area is 150 Å². The third kappa shape index (κ3) is 4.13. The number of rotatable bonds is 4. The number of benzene rings is 1. The molecule has 2 aromatic rings. The third-order valence-electron chi connectivity index (χ3n) is 4.02. The number of nitrogens with zero attached hydrogens (tertiary/aromatic N) is 5. The van der Waals surface area contributed by atoms with E-state index in [9.17, 15) is 14.4 Å². The summed E-state index contributed by atoms with van der Waals surface area (Å²) in [6, 6.07) is 9.86. The SMILES string of the molecule is N#C/C(=C/Nc1ncccn1)C(=O)N1CCN(c2ccc(F)cc2)CC1. The maximum absolute atomic E-state index is 13.0. The van der Waals surface area contributed by atoms with Crippen molar-refractivity contribution in [3.8, 4) is 6.07 Å². The Morgan fingerprint density at radius 1 is 1.15 bits per heavy atom. The van der Waals surface area contributed by atoms with Crippen molar-refractivity contribution in [3.05, 3.63) is 60.3 Å². The first-order chi connectivity index (χ1) is 12.7. The van der Waals surface area contributed by atoms with Crippen LogP contribution >= 0.6 is 0 Å². The number of amides is 1. The molecule has 0 saturated carbocycles. The molecule has 2 heterocycles. The predicted molar refractivity (Wildman–Crippen MR) is 94.5 cm³/mol. The fraction of sp³-hybridized carbons (Fsp3) is 0.222. The van der Waals surface area contributed by atoms with Crippen LogP contribution in [0.1, 0.15) is 0 Å². The van der Waals surface area contributed by atoms with Gasteiger partial charge in [-0.05, 0) is 30.3 Å². The van der Waals surface area contributed by atoms with Gasteiger partial charge in [0.25, 0.3) is 5.91 Å². The van der Waals surface area contributed by atoms with Crippen LogP contribution < -0.4 is 10.2 Å². The van der Waals surface area contributed by atoms with Gasteiger partial charge in [0.2, 0.25) is 5.95 Å². The summed E-state index contributed by atoms with van der Waals surface area (Å²) < 4.78 is 13.0. The Bertz CT molecular complexity index is 823. The Morgan fingerprint density at radius 2 is 1.81 bits per heavy atom. The largest absolute Gasteiger partial charge is 0.368 e. The van der Waals surface area contributed by atoms with Crippen molar-refractivity contribution in [2.24, 2.45) is 0 Å². The van der Waals surface area contributed by atoms with Crippen molar-refractivity contribution in [2.75, 3.05) is 36.4 Å². The first kappa shape index (κ1) is 17.4. The molecule has 1 aliphatic heterocycles. The fourth-order valence-corrected chi connectivity index (χ4v) is 2.64. The van der Waals surface area contributed by atoms with Crippen molar-refractivity contribution in [2.45, 2.75) is 0 Å². The summed E-state index contributed by atoms with van der Waals surface area (Å²) in [4.78, 5) is 24.2. The zero-order valence-corrected chi connectivity index (χ0v) is 14.0. The minimum Gasteiger partial charge on any atom is -0.368 e. The Hall–Kier alpha value is -3.47. The van der Waals surface area contributed by atoms with Gasteiger partial charge in [-0.1, -0.05) is 0 Å². The first-order valence-corrected chi connectivity index (χ1v) is 8.11. The fourth-order valence-electron chi connectivity index (χ4n) is 2.64. The van der Waals surface area contributed by atoms with Crippen LogP contribution in [0.5, 0.6) is 0 Å². The summed E-state index contributed by atoms with van der Waals surface area (Å²) in [5.74, 6) is -0.301. The number of anilines is 2. The average Bonchev–Trinajstić information content (AvgIpc) is 2.70. The lowest BCUT2D eigenvalue weighted by molar-refractivity contribution is -0.127. The van der Waals surface area contributed by atoms with E-state index in [-0.39, 0.29) is 17.3 Å². The van der Waals surface area contributed by atoms with Gasteiger partial charge < -0.3 is 15.1 Å². The number of halogens is 1. The van der Waals surface area contributed by atoms with Crippen molar-refractivity contribution in [3.63, 3.8) is 0 Å². The molecule has 1 fully saturated rings. The number of nitriles is 1. The smallest absolute Gasteiger partial charge is 0.266 e. The topological polar surface area (TPSA) is 85.1 Å². The van der Waals surface area contributed by atoms with E-state index in [1.165, 1.54) is 18.3 Å². The van der Waals surface area contributed by atoms with Crippen LogP contribution in [0.15, 0.2) is 54.5 Å². The summed E-state index contributed by atoms with van der Waals surface area (Å²) in [5.41, 5.74) is 0.908. The molecule has 1 aromatic carbocycles. The minimum absolute atomic E-state index is 0.00677. The van der Waals surface area contributed by atoms with E-state index < -0.39 is 0 Å². The summed E-state index contributed by atoms with van der Waals surface area (Å²) in [6.45, 7) is 2.20. The van der Waals surface area contributed by atoms with Gasteiger partial charge in [-0.15, -0.1) is 0 Å². The quantitative estimate of drug-likeness (QED) is 0.667. The van der Waals surface area contributed by atoms with Gasteiger partial charge in [-0.2, -0.15) is 5.26 Å². The van der Waals surface area contributed by atoms with Gasteiger partial charge in [-0.3, -0.25) is 4.79 Å². The molecule has 7 nitrogen and oxygen atoms in total. The summed E-state index contributed by atoms with van der Waals surface area (Å²) in [5, 5.41) is 12.0. The number of piperazine rings is 1. The average molecular weight is 352 g/mol. The van der Waals surface area contributed by atoms with E-state index in [4.69, 9.17) is 0 Å². The molecule has 3 rings (SSSR count). The lowest BCUT2D eigenvalue weighted by Crippen LogP contribution is -2.49. The normalized spacial score (nSPS) is 14.7. The maximum atomic E-state index is 13.0. The molecule has 1 aromatic heterocycles. The van der Waals surface area contributed by atoms with Crippen LogP contribution in [0.4, 0.5) is 16.0 Å². The van der Waals surface area contributed by atoms with Crippen molar-refractivity contribution < 1.29 is 9.18 Å². The molecule has 0 bridgehead atoms. The van der Waals surface area contributed by atoms with E-state index in [1.807, 2.05) is 6.07 Å². The Morgan fingerprint density at radius 3 is 2.42 bits per heavy atom. The standard InChI is InChI=1S/C18H17FN6O/c19-15-2-4-16(5-3-15)24-8-10-25(11-9-24)17(26)14(12-20)13-23-18-21-6-1-7-22-18/h1-7,13H,8-11H2,(H,21,22,23)/b14-13-. The zero-order chi connectivity index (χ0) is 18.4. The molecule has 8 heteroatoms. The van der Waals surface area contributed by atoms with E-state index in [2.05, 4.69) is 20.2 Å². The molecular weight excluding hydrogens is 335 g/mol. The molecule has 0 unspecified atom stereocenters. The highest BCUT2D eigenvalue weighted by molar-refractivity contribution is 5.97. The molecule has 1 saturated heterocycles. The third-order valence-corrected chi connectivity index (χ3v) is 4.02. The van der Waals surface area contributed by atoms with Crippen molar-refractivity contribution in [1.82, 2.24) is 14.9 Å². The van der Waals surface area contributed by atoms with Gasteiger partial charge in [-0.25, -0.2) is 14.4 Å². The van der Waals surface area contributed by atoms with E-state index in [0.29, 0.717) is 32.1 Å². The lowest BCUT2D eigenvalue weighted by atomic mass is 10.2. The highest BCUT2D eigenvalue weighted by Crippen LogP contribution is 2.17. The number of carbonyl (C=O) groups is 1. The molecular formula is C18H17FN6O. The number of nitrogens with one attached hydrogen (secondary N) is 1. The van der Waals surface area contributed by atoms with Crippen LogP contribution in [0.2, 0.25) is 0 Å². The minimum atomic E-state index is -0.338. The summed E-state index contributed by atoms with van der Waals surface area (Å²) in [7, 11) is 0. The second-order valence-electron chi connectivity index (χ2n) is 5.64. The lowest BCUT2D eigenvalue weighted by Gasteiger charge is -2.36. The van der Waals surface area contributed by atoms with Crippen molar-refractivity contribution in [1.29, 1.82) is 5.26 Å². The van der Waals surface area contributed by atoms with Crippen LogP contribution in [0.3, 0.4) is 0 Å². The molecule has 132 valence electrons. The highest BCUT2D eigenvalue weighted by atomic mass is 19.1. The van der Waals surface area contributed by atoms with Gasteiger partial charge >= 0.3 is 0 Å². The number of aromatic nitrogens is 2. The van der Waals surface area contributed by atoms with E-state index in [1.54, 1.807) is 35.5 Å². The van der Waals surface area contributed by atoms with E-state index in [0.717, 1.165) is 5.69 Å². The van der Waals surface area contributed by atoms with Crippen molar-refractivity contribution >= 4 is 17.5 Å². The molecule has 1 amide bonds. The van der Waals surface area contributed by atoms with Crippen LogP contribution in [-0.4, -0.2) is 47.0 Å². The maximum Gasteiger partial charge on any atom is 0.266 e. The van der Waals surface area contributed by atoms with Crippen LogP contribution in [0.25, 0.3) is 0 Å². The van der Waals surface area contributed by atoms with Crippen LogP contribution in [-0.2, 0) is 4.79 Å². The zero-order valence-electron chi connectivity index (χ0n) is 14.0. The number of hydrogen-bond donors (Lipinski definition) is 1. The van der Waals surface area contributed by atoms with Gasteiger partial charge in [0.15, 0.2) is 0 Å². The summed E-state index contributed by atoms with van der Waals surface area (Å²) >= 11 is 0. The molecule has 0 aliphatic carbocycles. The highest BCUT2D eigenvalue weighted by Gasteiger charge is 2.24. The summed E-state index contributed by atoms with van der Waals surface area (Å²) in [6.07, 6.45) is 4.45. The Kier molecular flexibility index (Phi) is 5.39. The first-order valence-electron chi connectivity index (χ1n) is 8.11. The molecule has 0 atom stereocenters. The molecule has 26 heavy (non-hydrogen) atoms. The second kappa shape index (κ2) is 8.07. The number of carbonyl (C=O) groups excluding carboxylic acids is 1. The predicted octanol–water partition coefficient (Wildman–Crippen LogP) is 1.78. The second-order valence-corrected chi connectivity index (χ2v) is 5.64. The van der Waals surface area contributed by atoms with Gasteiger partial charge in [0.05, 0.1) is 0 Å². The molecule has 1 aliphatic rings. The van der Waals surface area contributed by atoms with Crippen LogP contribution in [0, 0.1) is 17.1 Å². The molecule has 1 N–H and O–H groups in total. The van der Waals surface area contributed by atoms with Gasteiger partial charge in [0.1, 0.15) is 17.5 Å². The van der Waals surface area contributed by atoms with Gasteiger partial charge in [0, 0.05) is 50.5 Å². The number of hydrogen-bond acceptors (Lipinski definition) is 6. The van der Waals surface area contributed by atoms with E-state index >= 15 is 0 Å². The monoisotopic (exact) mass is 352 g/mol. The molecule has 0 radical (unpaired) electrons.